The van der Waals surface area contributed by atoms with Crippen LogP contribution in [0.15, 0.2) is 36.4 Å². The maximum absolute atomic E-state index is 5.91. The predicted octanol–water partition coefficient (Wildman–Crippen LogP) is 3.59. The van der Waals surface area contributed by atoms with Crippen molar-refractivity contribution in [2.24, 2.45) is 0 Å². The first-order valence-electron chi connectivity index (χ1n) is 6.74. The fraction of sp³-hybridized carbons (Fsp3) is 0.312. The van der Waals surface area contributed by atoms with Gasteiger partial charge in [0.1, 0.15) is 17.2 Å². The lowest BCUT2D eigenvalue weighted by atomic mass is 10.2. The average molecular weight is 287 g/mol. The van der Waals surface area contributed by atoms with Crippen LogP contribution in [0.5, 0.6) is 11.6 Å². The Kier molecular flexibility index (Phi) is 4.21. The molecule has 0 saturated heterocycles. The van der Waals surface area contributed by atoms with Crippen molar-refractivity contribution in [2.75, 3.05) is 18.2 Å². The van der Waals surface area contributed by atoms with Gasteiger partial charge in [-0.1, -0.05) is 12.1 Å². The Bertz CT molecular complexity index is 621. The minimum Gasteiger partial charge on any atom is -0.495 e. The molecule has 0 radical (unpaired) electrons. The van der Waals surface area contributed by atoms with Crippen LogP contribution in [-0.4, -0.2) is 17.7 Å². The molecule has 0 saturated carbocycles. The number of anilines is 3. The molecule has 5 heteroatoms. The van der Waals surface area contributed by atoms with Gasteiger partial charge >= 0.3 is 0 Å². The molecule has 0 atom stereocenters. The van der Waals surface area contributed by atoms with E-state index in [9.17, 15) is 0 Å². The van der Waals surface area contributed by atoms with E-state index in [0.717, 1.165) is 11.4 Å². The van der Waals surface area contributed by atoms with Crippen molar-refractivity contribution >= 4 is 17.2 Å². The molecule has 1 heterocycles. The van der Waals surface area contributed by atoms with Crippen LogP contribution in [0, 0.1) is 0 Å². The monoisotopic (exact) mass is 287 g/mol. The second kappa shape index (κ2) is 5.91. The molecule has 0 bridgehead atoms. The Hall–Kier alpha value is -2.43. The first kappa shape index (κ1) is 15.0. The summed E-state index contributed by atoms with van der Waals surface area (Å²) in [6.45, 7) is 5.86. The van der Waals surface area contributed by atoms with E-state index >= 15 is 0 Å². The van der Waals surface area contributed by atoms with Crippen LogP contribution < -0.4 is 20.5 Å². The molecule has 2 rings (SSSR count). The maximum Gasteiger partial charge on any atom is 0.239 e. The summed E-state index contributed by atoms with van der Waals surface area (Å²) in [5.74, 6) is 1.81. The van der Waals surface area contributed by atoms with Gasteiger partial charge in [-0.15, -0.1) is 0 Å². The smallest absolute Gasteiger partial charge is 0.239 e. The molecule has 0 aliphatic carbocycles. The molecule has 5 nitrogen and oxygen atoms in total. The van der Waals surface area contributed by atoms with Gasteiger partial charge in [-0.2, -0.15) is 4.98 Å². The van der Waals surface area contributed by atoms with Gasteiger partial charge in [0.15, 0.2) is 0 Å². The Morgan fingerprint density at radius 3 is 2.48 bits per heavy atom. The standard InChI is InChI=1S/C16H21N3O2/c1-16(2,3)21-15-11(17)9-10-14(19-15)18-12-7-5-6-8-13(12)20-4/h5-10H,17H2,1-4H3,(H,18,19). The van der Waals surface area contributed by atoms with Crippen molar-refractivity contribution in [1.82, 2.24) is 4.98 Å². The summed E-state index contributed by atoms with van der Waals surface area (Å²) in [5, 5.41) is 3.21. The molecule has 0 aliphatic rings. The van der Waals surface area contributed by atoms with Gasteiger partial charge in [0, 0.05) is 0 Å². The van der Waals surface area contributed by atoms with Crippen LogP contribution in [0.25, 0.3) is 0 Å². The molecule has 0 unspecified atom stereocenters. The van der Waals surface area contributed by atoms with Crippen molar-refractivity contribution < 1.29 is 9.47 Å². The minimum atomic E-state index is -0.357. The van der Waals surface area contributed by atoms with Crippen LogP contribution in [0.4, 0.5) is 17.2 Å². The van der Waals surface area contributed by atoms with Gasteiger partial charge in [0.2, 0.25) is 5.88 Å². The molecule has 1 aromatic heterocycles. The zero-order valence-electron chi connectivity index (χ0n) is 12.8. The lowest BCUT2D eigenvalue weighted by Gasteiger charge is -2.22. The molecular weight excluding hydrogens is 266 g/mol. The second-order valence-electron chi connectivity index (χ2n) is 5.63. The van der Waals surface area contributed by atoms with Crippen molar-refractivity contribution in [2.45, 2.75) is 26.4 Å². The number of ether oxygens (including phenoxy) is 2. The van der Waals surface area contributed by atoms with Gasteiger partial charge in [-0.05, 0) is 45.0 Å². The lowest BCUT2D eigenvalue weighted by Crippen LogP contribution is -2.24. The number of methoxy groups -OCH3 is 1. The van der Waals surface area contributed by atoms with Gasteiger partial charge in [0.05, 0.1) is 18.5 Å². The number of nitrogens with zero attached hydrogens (tertiary/aromatic N) is 1. The third-order valence-corrected chi connectivity index (χ3v) is 2.66. The number of pyridine rings is 1. The van der Waals surface area contributed by atoms with E-state index in [-0.39, 0.29) is 5.60 Å². The van der Waals surface area contributed by atoms with Gasteiger partial charge in [-0.25, -0.2) is 0 Å². The number of nitrogen functional groups attached to an aromatic ring is 1. The van der Waals surface area contributed by atoms with Crippen molar-refractivity contribution in [3.05, 3.63) is 36.4 Å². The van der Waals surface area contributed by atoms with E-state index in [1.54, 1.807) is 19.2 Å². The maximum atomic E-state index is 5.91. The summed E-state index contributed by atoms with van der Waals surface area (Å²) < 4.78 is 11.1. The summed E-state index contributed by atoms with van der Waals surface area (Å²) in [7, 11) is 1.63. The molecule has 112 valence electrons. The predicted molar refractivity (Wildman–Crippen MR) is 85.3 cm³/mol. The van der Waals surface area contributed by atoms with E-state index in [2.05, 4.69) is 10.3 Å². The molecule has 1 aromatic carbocycles. The first-order valence-corrected chi connectivity index (χ1v) is 6.74. The SMILES string of the molecule is COc1ccccc1Nc1ccc(N)c(OC(C)(C)C)n1. The normalized spacial score (nSPS) is 11.0. The van der Waals surface area contributed by atoms with Crippen LogP contribution in [-0.2, 0) is 0 Å². The molecule has 3 N–H and O–H groups in total. The third kappa shape index (κ3) is 4.02. The summed E-state index contributed by atoms with van der Waals surface area (Å²) in [6, 6.07) is 11.2. The number of nitrogens with two attached hydrogens (primary N) is 1. The highest BCUT2D eigenvalue weighted by molar-refractivity contribution is 5.66. The number of hydrogen-bond donors (Lipinski definition) is 2. The largest absolute Gasteiger partial charge is 0.495 e. The Morgan fingerprint density at radius 1 is 1.10 bits per heavy atom. The summed E-state index contributed by atoms with van der Waals surface area (Å²) in [5.41, 5.74) is 6.89. The Morgan fingerprint density at radius 2 is 1.81 bits per heavy atom. The zero-order valence-corrected chi connectivity index (χ0v) is 12.8. The van der Waals surface area contributed by atoms with Crippen molar-refractivity contribution in [3.8, 4) is 11.6 Å². The quantitative estimate of drug-likeness (QED) is 0.899. The number of benzene rings is 1. The molecule has 0 spiro atoms. The van der Waals surface area contributed by atoms with E-state index < -0.39 is 0 Å². The molecular formula is C16H21N3O2. The highest BCUT2D eigenvalue weighted by Crippen LogP contribution is 2.29. The van der Waals surface area contributed by atoms with E-state index in [1.807, 2.05) is 45.0 Å². The third-order valence-electron chi connectivity index (χ3n) is 2.66. The zero-order chi connectivity index (χ0) is 15.5. The van der Waals surface area contributed by atoms with E-state index in [1.165, 1.54) is 0 Å². The van der Waals surface area contributed by atoms with Crippen LogP contribution >= 0.6 is 0 Å². The van der Waals surface area contributed by atoms with Crippen LogP contribution in [0.3, 0.4) is 0 Å². The highest BCUT2D eigenvalue weighted by Gasteiger charge is 2.15. The number of nitrogens with one attached hydrogen (secondary N) is 1. The summed E-state index contributed by atoms with van der Waals surface area (Å²) >= 11 is 0. The molecule has 0 fully saturated rings. The lowest BCUT2D eigenvalue weighted by molar-refractivity contribution is 0.125. The summed E-state index contributed by atoms with van der Waals surface area (Å²) in [6.07, 6.45) is 0. The summed E-state index contributed by atoms with van der Waals surface area (Å²) in [4.78, 5) is 4.41. The van der Waals surface area contributed by atoms with Gasteiger partial charge in [-0.3, -0.25) is 0 Å². The van der Waals surface area contributed by atoms with Gasteiger partial charge in [0.25, 0.3) is 0 Å². The van der Waals surface area contributed by atoms with E-state index in [0.29, 0.717) is 17.4 Å². The molecule has 2 aromatic rings. The Labute approximate surface area is 125 Å². The number of hydrogen-bond acceptors (Lipinski definition) is 5. The van der Waals surface area contributed by atoms with Crippen molar-refractivity contribution in [1.29, 1.82) is 0 Å². The highest BCUT2D eigenvalue weighted by atomic mass is 16.5. The fourth-order valence-corrected chi connectivity index (χ4v) is 1.78. The number of aromatic nitrogens is 1. The number of rotatable bonds is 4. The van der Waals surface area contributed by atoms with Crippen molar-refractivity contribution in [3.63, 3.8) is 0 Å². The van der Waals surface area contributed by atoms with Gasteiger partial charge < -0.3 is 20.5 Å². The topological polar surface area (TPSA) is 69.4 Å². The first-order chi connectivity index (χ1) is 9.89. The average Bonchev–Trinajstić information content (AvgIpc) is 2.41. The molecule has 21 heavy (non-hydrogen) atoms. The van der Waals surface area contributed by atoms with E-state index in [4.69, 9.17) is 15.2 Å². The number of para-hydroxylation sites is 2. The van der Waals surface area contributed by atoms with Crippen LogP contribution in [0.2, 0.25) is 0 Å². The molecule has 0 aliphatic heterocycles. The second-order valence-corrected chi connectivity index (χ2v) is 5.63. The van der Waals surface area contributed by atoms with Crippen LogP contribution in [0.1, 0.15) is 20.8 Å². The Balaban J connectivity index is 2.27. The minimum absolute atomic E-state index is 0.357. The molecule has 0 amide bonds. The fourth-order valence-electron chi connectivity index (χ4n) is 1.78.